The van der Waals surface area contributed by atoms with Crippen molar-refractivity contribution >= 4 is 5.91 Å². The van der Waals surface area contributed by atoms with E-state index in [0.29, 0.717) is 6.54 Å². The molecule has 0 saturated carbocycles. The van der Waals surface area contributed by atoms with Crippen molar-refractivity contribution < 1.29 is 4.79 Å². The number of benzene rings is 1. The molecule has 4 heteroatoms. The van der Waals surface area contributed by atoms with Gasteiger partial charge in [0.15, 0.2) is 0 Å². The van der Waals surface area contributed by atoms with Crippen LogP contribution in [-0.2, 0) is 11.3 Å². The standard InChI is InChI=1S/C22H33N3O/c1-17(2)25(15-18-11-9-8-10-12-18)20(26)19(13-23)14-24-22(6,7)16-21(3,4)5/h8-12,14,17,24H,15-16H2,1-7H3/b19-14-. The average molecular weight is 356 g/mol. The molecule has 4 nitrogen and oxygen atoms in total. The molecule has 1 N–H and O–H groups in total. The van der Waals surface area contributed by atoms with Crippen molar-refractivity contribution in [1.82, 2.24) is 10.2 Å². The van der Waals surface area contributed by atoms with Crippen LogP contribution in [0.3, 0.4) is 0 Å². The van der Waals surface area contributed by atoms with Crippen LogP contribution < -0.4 is 5.32 Å². The van der Waals surface area contributed by atoms with Gasteiger partial charge in [0.05, 0.1) is 0 Å². The molecule has 0 aliphatic heterocycles. The second kappa shape index (κ2) is 8.89. The molecular weight excluding hydrogens is 322 g/mol. The highest BCUT2D eigenvalue weighted by molar-refractivity contribution is 5.97. The molecule has 0 radical (unpaired) electrons. The molecule has 0 aliphatic carbocycles. The van der Waals surface area contributed by atoms with Crippen LogP contribution in [0.4, 0.5) is 0 Å². The molecule has 0 fully saturated rings. The fourth-order valence-electron chi connectivity index (χ4n) is 3.21. The van der Waals surface area contributed by atoms with Gasteiger partial charge in [-0.05, 0) is 45.1 Å². The summed E-state index contributed by atoms with van der Waals surface area (Å²) in [5, 5.41) is 12.8. The van der Waals surface area contributed by atoms with Crippen LogP contribution in [-0.4, -0.2) is 22.4 Å². The number of nitriles is 1. The summed E-state index contributed by atoms with van der Waals surface area (Å²) in [6.45, 7) is 15.1. The van der Waals surface area contributed by atoms with Gasteiger partial charge in [-0.1, -0.05) is 51.1 Å². The topological polar surface area (TPSA) is 56.1 Å². The highest BCUT2D eigenvalue weighted by Crippen LogP contribution is 2.27. The van der Waals surface area contributed by atoms with Crippen LogP contribution in [0.25, 0.3) is 0 Å². The number of hydrogen-bond donors (Lipinski definition) is 1. The Morgan fingerprint density at radius 3 is 2.23 bits per heavy atom. The maximum absolute atomic E-state index is 12.9. The van der Waals surface area contributed by atoms with Crippen LogP contribution >= 0.6 is 0 Å². The average Bonchev–Trinajstić information content (AvgIpc) is 2.51. The van der Waals surface area contributed by atoms with Gasteiger partial charge >= 0.3 is 0 Å². The molecule has 0 unspecified atom stereocenters. The maximum atomic E-state index is 12.9. The van der Waals surface area contributed by atoms with Gasteiger partial charge in [0, 0.05) is 24.3 Å². The van der Waals surface area contributed by atoms with E-state index in [1.165, 1.54) is 0 Å². The Labute approximate surface area is 158 Å². The minimum absolute atomic E-state index is 0.00189. The molecule has 1 rings (SSSR count). The van der Waals surface area contributed by atoms with Gasteiger partial charge in [-0.2, -0.15) is 5.26 Å². The second-order valence-corrected chi connectivity index (χ2v) is 8.95. The van der Waals surface area contributed by atoms with Gasteiger partial charge in [-0.15, -0.1) is 0 Å². The van der Waals surface area contributed by atoms with Crippen LogP contribution in [0, 0.1) is 16.7 Å². The zero-order chi connectivity index (χ0) is 20.0. The summed E-state index contributed by atoms with van der Waals surface area (Å²) in [7, 11) is 0. The van der Waals surface area contributed by atoms with Crippen molar-refractivity contribution in [3.05, 3.63) is 47.7 Å². The minimum atomic E-state index is -0.245. The van der Waals surface area contributed by atoms with E-state index < -0.39 is 0 Å². The Bertz CT molecular complexity index is 661. The molecule has 142 valence electrons. The number of carbonyl (C=O) groups is 1. The Morgan fingerprint density at radius 2 is 1.77 bits per heavy atom. The number of amides is 1. The molecule has 1 amide bonds. The summed E-state index contributed by atoms with van der Waals surface area (Å²) in [4.78, 5) is 14.6. The first-order valence-corrected chi connectivity index (χ1v) is 9.18. The van der Waals surface area contributed by atoms with Crippen molar-refractivity contribution in [3.63, 3.8) is 0 Å². The largest absolute Gasteiger partial charge is 0.385 e. The normalized spacial score (nSPS) is 12.7. The molecule has 0 bridgehead atoms. The third-order valence-electron chi connectivity index (χ3n) is 4.01. The summed E-state index contributed by atoms with van der Waals surface area (Å²) < 4.78 is 0. The van der Waals surface area contributed by atoms with E-state index in [0.717, 1.165) is 12.0 Å². The predicted molar refractivity (Wildman–Crippen MR) is 107 cm³/mol. The van der Waals surface area contributed by atoms with Gasteiger partial charge < -0.3 is 10.2 Å². The van der Waals surface area contributed by atoms with Crippen LogP contribution in [0.5, 0.6) is 0 Å². The molecular formula is C22H33N3O. The summed E-state index contributed by atoms with van der Waals surface area (Å²) >= 11 is 0. The molecule has 0 aromatic heterocycles. The summed E-state index contributed by atoms with van der Waals surface area (Å²) in [6.07, 6.45) is 2.50. The van der Waals surface area contributed by atoms with E-state index in [9.17, 15) is 10.1 Å². The highest BCUT2D eigenvalue weighted by Gasteiger charge is 2.26. The molecule has 0 atom stereocenters. The van der Waals surface area contributed by atoms with E-state index >= 15 is 0 Å². The van der Waals surface area contributed by atoms with E-state index in [4.69, 9.17) is 0 Å². The number of hydrogen-bond acceptors (Lipinski definition) is 3. The second-order valence-electron chi connectivity index (χ2n) is 8.95. The number of rotatable bonds is 7. The highest BCUT2D eigenvalue weighted by atomic mass is 16.2. The van der Waals surface area contributed by atoms with E-state index in [-0.39, 0.29) is 28.5 Å². The van der Waals surface area contributed by atoms with Crippen LogP contribution in [0.1, 0.15) is 60.5 Å². The molecule has 1 aromatic rings. The quantitative estimate of drug-likeness (QED) is 0.573. The van der Waals surface area contributed by atoms with Crippen molar-refractivity contribution in [1.29, 1.82) is 5.26 Å². The SMILES string of the molecule is CC(C)N(Cc1ccccc1)C(=O)/C(C#N)=C\NC(C)(C)CC(C)(C)C. The lowest BCUT2D eigenvalue weighted by Crippen LogP contribution is -2.41. The Kier molecular flexibility index (Phi) is 7.44. The fourth-order valence-corrected chi connectivity index (χ4v) is 3.21. The van der Waals surface area contributed by atoms with Crippen molar-refractivity contribution in [2.75, 3.05) is 0 Å². The zero-order valence-electron chi connectivity index (χ0n) is 17.3. The Morgan fingerprint density at radius 1 is 1.19 bits per heavy atom. The molecule has 0 spiro atoms. The van der Waals surface area contributed by atoms with Gasteiger partial charge in [-0.3, -0.25) is 4.79 Å². The maximum Gasteiger partial charge on any atom is 0.266 e. The number of nitrogens with zero attached hydrogens (tertiary/aromatic N) is 2. The smallest absolute Gasteiger partial charge is 0.266 e. The summed E-state index contributed by atoms with van der Waals surface area (Å²) in [5.41, 5.74) is 1.13. The number of nitrogens with one attached hydrogen (secondary N) is 1. The van der Waals surface area contributed by atoms with Crippen molar-refractivity contribution in [3.8, 4) is 6.07 Å². The molecule has 1 aromatic carbocycles. The van der Waals surface area contributed by atoms with E-state index in [1.807, 2.05) is 44.2 Å². The first-order valence-electron chi connectivity index (χ1n) is 9.18. The molecule has 0 heterocycles. The first kappa shape index (κ1) is 21.8. The lowest BCUT2D eigenvalue weighted by atomic mass is 9.82. The number of carbonyl (C=O) groups excluding carboxylic acids is 1. The lowest BCUT2D eigenvalue weighted by Gasteiger charge is -2.33. The molecule has 0 aliphatic rings. The third kappa shape index (κ3) is 7.31. The first-order chi connectivity index (χ1) is 11.9. The van der Waals surface area contributed by atoms with E-state index in [1.54, 1.807) is 11.1 Å². The summed E-state index contributed by atoms with van der Waals surface area (Å²) in [6, 6.07) is 11.9. The predicted octanol–water partition coefficient (Wildman–Crippen LogP) is 4.64. The third-order valence-corrected chi connectivity index (χ3v) is 4.01. The minimum Gasteiger partial charge on any atom is -0.385 e. The van der Waals surface area contributed by atoms with Gasteiger partial charge in [0.2, 0.25) is 0 Å². The Balaban J connectivity index is 2.95. The van der Waals surface area contributed by atoms with Crippen LogP contribution in [0.2, 0.25) is 0 Å². The lowest BCUT2D eigenvalue weighted by molar-refractivity contribution is -0.129. The van der Waals surface area contributed by atoms with E-state index in [2.05, 4.69) is 46.0 Å². The Hall–Kier alpha value is -2.28. The fraction of sp³-hybridized carbons (Fsp3) is 0.545. The van der Waals surface area contributed by atoms with Gasteiger partial charge in [0.1, 0.15) is 11.6 Å². The van der Waals surface area contributed by atoms with Gasteiger partial charge in [-0.25, -0.2) is 0 Å². The summed E-state index contributed by atoms with van der Waals surface area (Å²) in [5.74, 6) is -0.245. The van der Waals surface area contributed by atoms with Crippen molar-refractivity contribution in [2.24, 2.45) is 5.41 Å². The van der Waals surface area contributed by atoms with Crippen LogP contribution in [0.15, 0.2) is 42.1 Å². The van der Waals surface area contributed by atoms with Crippen molar-refractivity contribution in [2.45, 2.75) is 73.0 Å². The van der Waals surface area contributed by atoms with Gasteiger partial charge in [0.25, 0.3) is 5.91 Å². The zero-order valence-corrected chi connectivity index (χ0v) is 17.3. The monoisotopic (exact) mass is 355 g/mol. The molecule has 26 heavy (non-hydrogen) atoms. The molecule has 0 saturated heterocycles.